The molecule has 0 fully saturated rings. The average molecular weight is 371 g/mol. The van der Waals surface area contributed by atoms with Crippen LogP contribution in [-0.2, 0) is 4.74 Å². The van der Waals surface area contributed by atoms with E-state index in [2.05, 4.69) is 13.8 Å². The highest BCUT2D eigenvalue weighted by molar-refractivity contribution is 6.00. The van der Waals surface area contributed by atoms with Gasteiger partial charge in [-0.3, -0.25) is 14.9 Å². The minimum atomic E-state index is -0.861. The topological polar surface area (TPSA) is 95.7 Å². The number of carbonyl (C=O) groups excluding carboxylic acids is 2. The van der Waals surface area contributed by atoms with Gasteiger partial charge in [0.05, 0.1) is 12.0 Å². The average Bonchev–Trinajstić information content (AvgIpc) is 2.70. The van der Waals surface area contributed by atoms with E-state index in [4.69, 9.17) is 9.47 Å². The lowest BCUT2D eigenvalue weighted by Gasteiger charge is -2.10. The summed E-state index contributed by atoms with van der Waals surface area (Å²) in [7, 11) is 1.34. The van der Waals surface area contributed by atoms with E-state index in [9.17, 15) is 19.7 Å². The highest BCUT2D eigenvalue weighted by Crippen LogP contribution is 2.25. The summed E-state index contributed by atoms with van der Waals surface area (Å²) in [4.78, 5) is 34.7. The van der Waals surface area contributed by atoms with Crippen molar-refractivity contribution in [3.05, 3.63) is 69.3 Å². The maximum atomic E-state index is 12.2. The van der Waals surface area contributed by atoms with Crippen LogP contribution in [-0.4, -0.2) is 30.4 Å². The van der Waals surface area contributed by atoms with Crippen molar-refractivity contribution < 1.29 is 24.0 Å². The third-order valence-corrected chi connectivity index (χ3v) is 4.36. The third kappa shape index (κ3) is 4.91. The molecule has 0 spiro atoms. The molecule has 0 saturated heterocycles. The predicted molar refractivity (Wildman–Crippen MR) is 99.4 cm³/mol. The summed E-state index contributed by atoms with van der Waals surface area (Å²) in [5.74, 6) is -0.687. The van der Waals surface area contributed by atoms with Gasteiger partial charge in [-0.2, -0.15) is 0 Å². The molecule has 0 aliphatic rings. The van der Waals surface area contributed by atoms with Crippen LogP contribution in [0.1, 0.15) is 52.5 Å². The van der Waals surface area contributed by atoms with Crippen LogP contribution in [0.5, 0.6) is 5.75 Å². The Bertz CT molecular complexity index is 844. The number of carbonyl (C=O) groups is 2. The fourth-order valence-corrected chi connectivity index (χ4v) is 2.49. The van der Waals surface area contributed by atoms with Gasteiger partial charge >= 0.3 is 5.97 Å². The zero-order valence-corrected chi connectivity index (χ0v) is 15.4. The number of ether oxygens (including phenoxy) is 2. The first-order chi connectivity index (χ1) is 12.9. The third-order valence-electron chi connectivity index (χ3n) is 4.36. The van der Waals surface area contributed by atoms with Crippen LogP contribution in [0, 0.1) is 10.1 Å². The summed E-state index contributed by atoms with van der Waals surface area (Å²) in [6.07, 6.45) is 0.996. The number of non-ortho nitro benzene ring substituents is 1. The van der Waals surface area contributed by atoms with Crippen molar-refractivity contribution in [1.29, 1.82) is 0 Å². The molecule has 0 radical (unpaired) electrons. The van der Waals surface area contributed by atoms with Crippen molar-refractivity contribution in [2.24, 2.45) is 0 Å². The van der Waals surface area contributed by atoms with E-state index in [-0.39, 0.29) is 22.8 Å². The summed E-state index contributed by atoms with van der Waals surface area (Å²) in [6, 6.07) is 10.8. The van der Waals surface area contributed by atoms with Gasteiger partial charge in [0.2, 0.25) is 0 Å². The Morgan fingerprint density at radius 1 is 1.15 bits per heavy atom. The Kier molecular flexibility index (Phi) is 6.65. The number of esters is 1. The number of ketones is 1. The largest absolute Gasteiger partial charge is 0.496 e. The van der Waals surface area contributed by atoms with E-state index in [0.717, 1.165) is 18.1 Å². The number of hydrogen-bond acceptors (Lipinski definition) is 6. The molecule has 1 atom stereocenters. The Morgan fingerprint density at radius 2 is 1.81 bits per heavy atom. The molecule has 2 rings (SSSR count). The van der Waals surface area contributed by atoms with Crippen LogP contribution in [0.15, 0.2) is 42.5 Å². The number of nitrogens with zero attached hydrogens (tertiary/aromatic N) is 1. The Hall–Kier alpha value is -3.22. The van der Waals surface area contributed by atoms with Crippen molar-refractivity contribution in [3.63, 3.8) is 0 Å². The molecule has 2 aromatic rings. The van der Waals surface area contributed by atoms with E-state index >= 15 is 0 Å². The van der Waals surface area contributed by atoms with E-state index in [1.165, 1.54) is 19.2 Å². The second-order valence-corrected chi connectivity index (χ2v) is 6.07. The van der Waals surface area contributed by atoms with Crippen molar-refractivity contribution >= 4 is 17.4 Å². The summed E-state index contributed by atoms with van der Waals surface area (Å²) in [5, 5.41) is 10.9. The molecule has 7 nitrogen and oxygen atoms in total. The molecular formula is C20H21NO6. The van der Waals surface area contributed by atoms with Crippen LogP contribution >= 0.6 is 0 Å². The van der Waals surface area contributed by atoms with Crippen LogP contribution in [0.4, 0.5) is 5.69 Å². The van der Waals surface area contributed by atoms with Gasteiger partial charge in [-0.25, -0.2) is 4.79 Å². The van der Waals surface area contributed by atoms with Crippen molar-refractivity contribution in [3.8, 4) is 5.75 Å². The number of hydrogen-bond donors (Lipinski definition) is 0. The number of Topliss-reactive ketones (excluding diaryl/α,β-unsaturated/α-hetero) is 1. The number of rotatable bonds is 8. The molecule has 0 aromatic heterocycles. The normalized spacial score (nSPS) is 11.5. The first kappa shape index (κ1) is 20.1. The van der Waals surface area contributed by atoms with Gasteiger partial charge < -0.3 is 9.47 Å². The second-order valence-electron chi connectivity index (χ2n) is 6.07. The SMILES string of the molecule is CC[C@H](C)c1ccc(C(=O)COC(=O)c2cc([N+](=O)[O-])ccc2OC)cc1. The van der Waals surface area contributed by atoms with Crippen molar-refractivity contribution in [1.82, 2.24) is 0 Å². The summed E-state index contributed by atoms with van der Waals surface area (Å²) in [5.41, 5.74) is 1.19. The summed E-state index contributed by atoms with van der Waals surface area (Å²) >= 11 is 0. The maximum Gasteiger partial charge on any atom is 0.342 e. The molecule has 2 aromatic carbocycles. The molecule has 142 valence electrons. The summed E-state index contributed by atoms with van der Waals surface area (Å²) in [6.45, 7) is 3.73. The summed E-state index contributed by atoms with van der Waals surface area (Å²) < 4.78 is 10.1. The molecule has 27 heavy (non-hydrogen) atoms. The molecule has 0 unspecified atom stereocenters. The number of nitro groups is 1. The van der Waals surface area contributed by atoms with Gasteiger partial charge in [-0.05, 0) is 24.0 Å². The molecule has 0 N–H and O–H groups in total. The van der Waals surface area contributed by atoms with Crippen molar-refractivity contribution in [2.75, 3.05) is 13.7 Å². The van der Waals surface area contributed by atoms with Gasteiger partial charge in [0.15, 0.2) is 12.4 Å². The van der Waals surface area contributed by atoms with Gasteiger partial charge in [0.25, 0.3) is 5.69 Å². The van der Waals surface area contributed by atoms with E-state index < -0.39 is 17.5 Å². The Labute approximate surface area is 157 Å². The first-order valence-corrected chi connectivity index (χ1v) is 8.50. The van der Waals surface area contributed by atoms with Gasteiger partial charge in [0.1, 0.15) is 11.3 Å². The zero-order chi connectivity index (χ0) is 20.0. The van der Waals surface area contributed by atoms with Crippen LogP contribution in [0.25, 0.3) is 0 Å². The fraction of sp³-hybridized carbons (Fsp3) is 0.300. The standard InChI is InChI=1S/C20H21NO6/c1-4-13(2)14-5-7-15(8-6-14)18(22)12-27-20(23)17-11-16(21(24)25)9-10-19(17)26-3/h5-11,13H,4,12H2,1-3H3/t13-/m0/s1. The quantitative estimate of drug-likeness (QED) is 0.299. The van der Waals surface area contributed by atoms with Crippen molar-refractivity contribution in [2.45, 2.75) is 26.2 Å². The fourth-order valence-electron chi connectivity index (χ4n) is 2.49. The molecule has 0 heterocycles. The first-order valence-electron chi connectivity index (χ1n) is 8.50. The van der Waals surface area contributed by atoms with Crippen LogP contribution in [0.2, 0.25) is 0 Å². The molecule has 0 bridgehead atoms. The predicted octanol–water partition coefficient (Wildman–Crippen LogP) is 4.16. The molecule has 0 aliphatic carbocycles. The molecule has 0 amide bonds. The highest BCUT2D eigenvalue weighted by Gasteiger charge is 2.20. The number of nitro benzene ring substituents is 1. The van der Waals surface area contributed by atoms with E-state index in [0.29, 0.717) is 11.5 Å². The maximum absolute atomic E-state index is 12.2. The van der Waals surface area contributed by atoms with Crippen LogP contribution in [0.3, 0.4) is 0 Å². The number of benzene rings is 2. The zero-order valence-electron chi connectivity index (χ0n) is 15.4. The lowest BCUT2D eigenvalue weighted by atomic mass is 9.97. The molecule has 0 saturated carbocycles. The van der Waals surface area contributed by atoms with Gasteiger partial charge in [0, 0.05) is 17.7 Å². The Balaban J connectivity index is 2.07. The van der Waals surface area contributed by atoms with Gasteiger partial charge in [-0.1, -0.05) is 38.1 Å². The minimum Gasteiger partial charge on any atom is -0.496 e. The lowest BCUT2D eigenvalue weighted by molar-refractivity contribution is -0.384. The number of methoxy groups -OCH3 is 1. The van der Waals surface area contributed by atoms with Gasteiger partial charge in [-0.15, -0.1) is 0 Å². The molecule has 0 aliphatic heterocycles. The highest BCUT2D eigenvalue weighted by atomic mass is 16.6. The Morgan fingerprint density at radius 3 is 2.37 bits per heavy atom. The molecular weight excluding hydrogens is 350 g/mol. The monoisotopic (exact) mass is 371 g/mol. The van der Waals surface area contributed by atoms with Crippen LogP contribution < -0.4 is 4.74 Å². The lowest BCUT2D eigenvalue weighted by Crippen LogP contribution is -2.15. The van der Waals surface area contributed by atoms with E-state index in [1.807, 2.05) is 12.1 Å². The van der Waals surface area contributed by atoms with E-state index in [1.54, 1.807) is 12.1 Å². The smallest absolute Gasteiger partial charge is 0.342 e. The second kappa shape index (κ2) is 8.93. The minimum absolute atomic E-state index is 0.105. The molecule has 7 heteroatoms.